The molecule has 1 heterocycles. The predicted octanol–water partition coefficient (Wildman–Crippen LogP) is 3.37. The average Bonchev–Trinajstić information content (AvgIpc) is 2.31. The lowest BCUT2D eigenvalue weighted by Crippen LogP contribution is -2.26. The SMILES string of the molecule is COC(c1nc(C)c(CCNC(C)C)c(C)n1)C(C)(C)C. The molecule has 1 N–H and O–H groups in total. The van der Waals surface area contributed by atoms with E-state index in [0.29, 0.717) is 6.04 Å². The normalized spacial score (nSPS) is 13.8. The number of nitrogens with one attached hydrogen (secondary N) is 1. The second-order valence-electron chi connectivity index (χ2n) is 7.07. The first-order valence-electron chi connectivity index (χ1n) is 7.77. The zero-order chi connectivity index (χ0) is 16.2. The Kier molecular flexibility index (Phi) is 6.29. The van der Waals surface area contributed by atoms with E-state index in [1.165, 1.54) is 5.56 Å². The third-order valence-corrected chi connectivity index (χ3v) is 3.62. The van der Waals surface area contributed by atoms with Gasteiger partial charge < -0.3 is 10.1 Å². The molecule has 1 aromatic heterocycles. The van der Waals surface area contributed by atoms with Gasteiger partial charge in [0.1, 0.15) is 6.10 Å². The van der Waals surface area contributed by atoms with Gasteiger partial charge in [-0.25, -0.2) is 9.97 Å². The molecule has 0 amide bonds. The van der Waals surface area contributed by atoms with Crippen molar-refractivity contribution in [3.8, 4) is 0 Å². The van der Waals surface area contributed by atoms with Crippen molar-refractivity contribution in [3.05, 3.63) is 22.8 Å². The summed E-state index contributed by atoms with van der Waals surface area (Å²) in [4.78, 5) is 9.41. The van der Waals surface area contributed by atoms with Crippen LogP contribution in [0.15, 0.2) is 0 Å². The standard InChI is InChI=1S/C17H31N3O/c1-11(2)18-10-9-14-12(3)19-16(20-13(14)4)15(21-8)17(5,6)7/h11,15,18H,9-10H2,1-8H3. The summed E-state index contributed by atoms with van der Waals surface area (Å²) in [7, 11) is 1.73. The summed E-state index contributed by atoms with van der Waals surface area (Å²) in [5.74, 6) is 0.792. The Balaban J connectivity index is 2.98. The maximum Gasteiger partial charge on any atom is 0.158 e. The van der Waals surface area contributed by atoms with Crippen molar-refractivity contribution in [1.29, 1.82) is 0 Å². The Labute approximate surface area is 129 Å². The molecule has 1 aromatic rings. The van der Waals surface area contributed by atoms with Crippen molar-refractivity contribution >= 4 is 0 Å². The zero-order valence-electron chi connectivity index (χ0n) is 14.9. The molecule has 4 heteroatoms. The number of rotatable bonds is 6. The molecule has 21 heavy (non-hydrogen) atoms. The number of aryl methyl sites for hydroxylation is 2. The Morgan fingerprint density at radius 3 is 2.00 bits per heavy atom. The molecule has 0 aromatic carbocycles. The minimum Gasteiger partial charge on any atom is -0.373 e. The highest BCUT2D eigenvalue weighted by Crippen LogP contribution is 2.34. The first-order chi connectivity index (χ1) is 9.66. The summed E-state index contributed by atoms with van der Waals surface area (Å²) in [5, 5.41) is 3.44. The molecule has 4 nitrogen and oxygen atoms in total. The minimum absolute atomic E-state index is 0.0195. The lowest BCUT2D eigenvalue weighted by atomic mass is 9.88. The second-order valence-corrected chi connectivity index (χ2v) is 7.07. The molecule has 0 saturated carbocycles. The summed E-state index contributed by atoms with van der Waals surface area (Å²) in [5.41, 5.74) is 3.35. The predicted molar refractivity (Wildman–Crippen MR) is 87.6 cm³/mol. The van der Waals surface area contributed by atoms with Crippen molar-refractivity contribution in [1.82, 2.24) is 15.3 Å². The van der Waals surface area contributed by atoms with E-state index in [2.05, 4.69) is 53.8 Å². The van der Waals surface area contributed by atoms with Crippen LogP contribution in [0, 0.1) is 19.3 Å². The lowest BCUT2D eigenvalue weighted by molar-refractivity contribution is 0.00839. The van der Waals surface area contributed by atoms with Crippen molar-refractivity contribution < 1.29 is 4.74 Å². The van der Waals surface area contributed by atoms with Crippen molar-refractivity contribution in [2.45, 2.75) is 67.0 Å². The average molecular weight is 293 g/mol. The van der Waals surface area contributed by atoms with Gasteiger partial charge in [0.2, 0.25) is 0 Å². The maximum absolute atomic E-state index is 5.63. The van der Waals surface area contributed by atoms with Crippen LogP contribution in [0.4, 0.5) is 0 Å². The number of ether oxygens (including phenoxy) is 1. The number of aromatic nitrogens is 2. The highest BCUT2D eigenvalue weighted by atomic mass is 16.5. The molecule has 0 aliphatic heterocycles. The molecular weight excluding hydrogens is 262 g/mol. The second kappa shape index (κ2) is 7.32. The quantitative estimate of drug-likeness (QED) is 0.873. The van der Waals surface area contributed by atoms with Crippen molar-refractivity contribution in [2.75, 3.05) is 13.7 Å². The van der Waals surface area contributed by atoms with Gasteiger partial charge in [-0.2, -0.15) is 0 Å². The van der Waals surface area contributed by atoms with Gasteiger partial charge >= 0.3 is 0 Å². The number of hydrogen-bond donors (Lipinski definition) is 1. The number of hydrogen-bond acceptors (Lipinski definition) is 4. The summed E-state index contributed by atoms with van der Waals surface area (Å²) in [6.45, 7) is 15.9. The largest absolute Gasteiger partial charge is 0.373 e. The smallest absolute Gasteiger partial charge is 0.158 e. The number of nitrogens with zero attached hydrogens (tertiary/aromatic N) is 2. The fourth-order valence-electron chi connectivity index (χ4n) is 2.58. The minimum atomic E-state index is -0.0854. The monoisotopic (exact) mass is 293 g/mol. The first-order valence-corrected chi connectivity index (χ1v) is 7.77. The van der Waals surface area contributed by atoms with Gasteiger partial charge in [-0.15, -0.1) is 0 Å². The van der Waals surface area contributed by atoms with Crippen molar-refractivity contribution in [3.63, 3.8) is 0 Å². The van der Waals surface area contributed by atoms with E-state index >= 15 is 0 Å². The van der Waals surface area contributed by atoms with E-state index in [9.17, 15) is 0 Å². The van der Waals surface area contributed by atoms with Gasteiger partial charge in [0.25, 0.3) is 0 Å². The van der Waals surface area contributed by atoms with Crippen LogP contribution in [-0.4, -0.2) is 29.7 Å². The fourth-order valence-corrected chi connectivity index (χ4v) is 2.58. The van der Waals surface area contributed by atoms with Gasteiger partial charge in [-0.1, -0.05) is 34.6 Å². The van der Waals surface area contributed by atoms with E-state index in [0.717, 1.165) is 30.2 Å². The number of methoxy groups -OCH3 is 1. The highest BCUT2D eigenvalue weighted by Gasteiger charge is 2.29. The Morgan fingerprint density at radius 2 is 1.62 bits per heavy atom. The van der Waals surface area contributed by atoms with E-state index in [4.69, 9.17) is 14.7 Å². The van der Waals surface area contributed by atoms with Gasteiger partial charge in [-0.05, 0) is 37.8 Å². The van der Waals surface area contributed by atoms with Crippen LogP contribution < -0.4 is 5.32 Å². The lowest BCUT2D eigenvalue weighted by Gasteiger charge is -2.28. The molecule has 1 atom stereocenters. The third kappa shape index (κ3) is 5.04. The van der Waals surface area contributed by atoms with Crippen LogP contribution in [0.5, 0.6) is 0 Å². The molecular formula is C17H31N3O. The molecule has 0 radical (unpaired) electrons. The molecule has 120 valence electrons. The summed E-state index contributed by atoms with van der Waals surface area (Å²) >= 11 is 0. The summed E-state index contributed by atoms with van der Waals surface area (Å²) in [6.07, 6.45) is 0.876. The molecule has 0 fully saturated rings. The summed E-state index contributed by atoms with van der Waals surface area (Å²) < 4.78 is 5.63. The first kappa shape index (κ1) is 18.1. The van der Waals surface area contributed by atoms with Crippen LogP contribution in [-0.2, 0) is 11.2 Å². The van der Waals surface area contributed by atoms with Gasteiger partial charge in [-0.3, -0.25) is 0 Å². The van der Waals surface area contributed by atoms with Gasteiger partial charge in [0.15, 0.2) is 5.82 Å². The van der Waals surface area contributed by atoms with Crippen LogP contribution in [0.25, 0.3) is 0 Å². The Hall–Kier alpha value is -1.00. The molecule has 1 unspecified atom stereocenters. The van der Waals surface area contributed by atoms with Gasteiger partial charge in [0.05, 0.1) is 0 Å². The molecule has 0 aliphatic carbocycles. The molecule has 0 aliphatic rings. The Bertz CT molecular complexity index is 441. The maximum atomic E-state index is 5.63. The fraction of sp³-hybridized carbons (Fsp3) is 0.765. The Morgan fingerprint density at radius 1 is 1.10 bits per heavy atom. The van der Waals surface area contributed by atoms with Crippen LogP contribution in [0.1, 0.15) is 63.5 Å². The molecule has 1 rings (SSSR count). The summed E-state index contributed by atoms with van der Waals surface area (Å²) in [6, 6.07) is 0.504. The van der Waals surface area contributed by atoms with Crippen LogP contribution in [0.3, 0.4) is 0 Å². The molecule has 0 saturated heterocycles. The van der Waals surface area contributed by atoms with Gasteiger partial charge in [0, 0.05) is 24.5 Å². The van der Waals surface area contributed by atoms with Crippen molar-refractivity contribution in [2.24, 2.45) is 5.41 Å². The van der Waals surface area contributed by atoms with Crippen LogP contribution in [0.2, 0.25) is 0 Å². The molecule has 0 bridgehead atoms. The molecule has 0 spiro atoms. The van der Waals surface area contributed by atoms with E-state index in [-0.39, 0.29) is 11.5 Å². The van der Waals surface area contributed by atoms with E-state index in [1.807, 2.05) is 0 Å². The third-order valence-electron chi connectivity index (χ3n) is 3.62. The van der Waals surface area contributed by atoms with E-state index < -0.39 is 0 Å². The van der Waals surface area contributed by atoms with E-state index in [1.54, 1.807) is 7.11 Å². The topological polar surface area (TPSA) is 47.0 Å². The van der Waals surface area contributed by atoms with Crippen LogP contribution >= 0.6 is 0 Å². The zero-order valence-corrected chi connectivity index (χ0v) is 14.9. The highest BCUT2D eigenvalue weighted by molar-refractivity contribution is 5.25.